The zero-order valence-corrected chi connectivity index (χ0v) is 5.79. The Morgan fingerprint density at radius 2 is 1.70 bits per heavy atom. The molecule has 1 radical (unpaired) electrons. The van der Waals surface area contributed by atoms with Crippen molar-refractivity contribution in [1.82, 2.24) is 0 Å². The van der Waals surface area contributed by atoms with Crippen molar-refractivity contribution in [3.8, 4) is 0 Å². The van der Waals surface area contributed by atoms with E-state index in [1.54, 1.807) is 0 Å². The van der Waals surface area contributed by atoms with Crippen LogP contribution in [-0.4, -0.2) is 22.2 Å². The molecule has 0 aromatic heterocycles. The van der Waals surface area contributed by atoms with Gasteiger partial charge >= 0.3 is 11.9 Å². The van der Waals surface area contributed by atoms with E-state index in [2.05, 4.69) is 0 Å². The highest BCUT2D eigenvalue weighted by molar-refractivity contribution is 5.87. The highest BCUT2D eigenvalue weighted by Crippen LogP contribution is 2.18. The molecule has 0 saturated heterocycles. The molecule has 0 aromatic carbocycles. The quantitative estimate of drug-likeness (QED) is 0.602. The summed E-state index contributed by atoms with van der Waals surface area (Å²) in [5.74, 6) is -2.36. The third kappa shape index (κ3) is 2.48. The molecule has 0 aliphatic carbocycles. The Kier molecular flexibility index (Phi) is 2.40. The molecule has 0 aliphatic heterocycles. The molecule has 0 rings (SSSR count). The van der Waals surface area contributed by atoms with Gasteiger partial charge in [-0.15, -0.1) is 0 Å². The molecular weight excluding hydrogens is 136 g/mol. The van der Waals surface area contributed by atoms with E-state index in [0.717, 1.165) is 6.42 Å². The monoisotopic (exact) mass is 145 g/mol. The summed E-state index contributed by atoms with van der Waals surface area (Å²) in [6.45, 7) is 2.65. The van der Waals surface area contributed by atoms with Gasteiger partial charge in [-0.1, -0.05) is 0 Å². The summed E-state index contributed by atoms with van der Waals surface area (Å²) >= 11 is 0. The van der Waals surface area contributed by atoms with E-state index in [1.165, 1.54) is 13.8 Å². The average molecular weight is 145 g/mol. The summed E-state index contributed by atoms with van der Waals surface area (Å²) in [6, 6.07) is 0. The van der Waals surface area contributed by atoms with Crippen LogP contribution in [0.3, 0.4) is 0 Å². The minimum atomic E-state index is -1.29. The molecule has 57 valence electrons. The summed E-state index contributed by atoms with van der Waals surface area (Å²) in [7, 11) is 0. The van der Waals surface area contributed by atoms with E-state index in [1.807, 2.05) is 0 Å². The topological polar surface area (TPSA) is 74.6 Å². The molecular formula is C6H9O4. The molecule has 0 aromatic rings. The van der Waals surface area contributed by atoms with Crippen molar-refractivity contribution in [2.75, 3.05) is 0 Å². The molecule has 10 heavy (non-hydrogen) atoms. The van der Waals surface area contributed by atoms with Gasteiger partial charge in [-0.3, -0.25) is 9.59 Å². The summed E-state index contributed by atoms with van der Waals surface area (Å²) in [6.07, 6.45) is 0.745. The number of carboxylic acids is 2. The lowest BCUT2D eigenvalue weighted by Gasteiger charge is -2.14. The van der Waals surface area contributed by atoms with Crippen LogP contribution in [0.15, 0.2) is 0 Å². The normalized spacial score (nSPS) is 11.0. The van der Waals surface area contributed by atoms with Gasteiger partial charge in [-0.25, -0.2) is 0 Å². The largest absolute Gasteiger partial charge is 0.481 e. The van der Waals surface area contributed by atoms with E-state index in [0.29, 0.717) is 0 Å². The third-order valence-corrected chi connectivity index (χ3v) is 1.04. The highest BCUT2D eigenvalue weighted by atomic mass is 16.4. The van der Waals surface area contributed by atoms with Gasteiger partial charge in [0.2, 0.25) is 0 Å². The summed E-state index contributed by atoms with van der Waals surface area (Å²) in [4.78, 5) is 20.3. The molecule has 0 saturated carbocycles. The highest BCUT2D eigenvalue weighted by Gasteiger charge is 2.30. The van der Waals surface area contributed by atoms with Crippen molar-refractivity contribution in [2.45, 2.75) is 13.8 Å². The molecule has 2 N–H and O–H groups in total. The van der Waals surface area contributed by atoms with Crippen molar-refractivity contribution < 1.29 is 19.8 Å². The molecule has 0 bridgehead atoms. The SMILES string of the molecule is CC(C)([CH]C(=O)O)C(=O)O. The molecule has 4 heteroatoms. The Morgan fingerprint density at radius 3 is 1.80 bits per heavy atom. The van der Waals surface area contributed by atoms with Crippen LogP contribution in [-0.2, 0) is 9.59 Å². The van der Waals surface area contributed by atoms with E-state index in [4.69, 9.17) is 10.2 Å². The first-order chi connectivity index (χ1) is 4.36. The van der Waals surface area contributed by atoms with Gasteiger partial charge in [0.1, 0.15) is 0 Å². The molecule has 0 fully saturated rings. The van der Waals surface area contributed by atoms with Crippen LogP contribution in [0, 0.1) is 11.8 Å². The fourth-order valence-electron chi connectivity index (χ4n) is 0.370. The van der Waals surface area contributed by atoms with Gasteiger partial charge in [0, 0.05) is 0 Å². The smallest absolute Gasteiger partial charge is 0.309 e. The van der Waals surface area contributed by atoms with E-state index < -0.39 is 17.4 Å². The predicted octanol–water partition coefficient (Wildman–Crippen LogP) is 0.386. The number of aliphatic carboxylic acids is 2. The second-order valence-corrected chi connectivity index (χ2v) is 2.51. The zero-order valence-electron chi connectivity index (χ0n) is 5.79. The van der Waals surface area contributed by atoms with Gasteiger partial charge in [0.05, 0.1) is 11.8 Å². The van der Waals surface area contributed by atoms with Crippen LogP contribution in [0.5, 0.6) is 0 Å². The Balaban J connectivity index is 4.13. The molecule has 0 spiro atoms. The minimum absolute atomic E-state index is 0.745. The first-order valence-corrected chi connectivity index (χ1v) is 2.68. The third-order valence-electron chi connectivity index (χ3n) is 1.04. The standard InChI is InChI=1S/C6H9O4/c1-6(2,5(9)10)3-4(7)8/h3H,1-2H3,(H,7,8)(H,9,10). The Hall–Kier alpha value is -1.06. The van der Waals surface area contributed by atoms with Crippen LogP contribution >= 0.6 is 0 Å². The van der Waals surface area contributed by atoms with E-state index in [-0.39, 0.29) is 0 Å². The maximum absolute atomic E-state index is 10.3. The van der Waals surface area contributed by atoms with Gasteiger partial charge in [-0.05, 0) is 13.8 Å². The lowest BCUT2D eigenvalue weighted by Crippen LogP contribution is -2.27. The Bertz CT molecular complexity index is 159. The fourth-order valence-corrected chi connectivity index (χ4v) is 0.370. The average Bonchev–Trinajstić information content (AvgIpc) is 1.60. The second kappa shape index (κ2) is 2.68. The first-order valence-electron chi connectivity index (χ1n) is 2.68. The summed E-state index contributed by atoms with van der Waals surface area (Å²) < 4.78 is 0. The van der Waals surface area contributed by atoms with Gasteiger partial charge in [0.25, 0.3) is 0 Å². The van der Waals surface area contributed by atoms with E-state index >= 15 is 0 Å². The lowest BCUT2D eigenvalue weighted by molar-refractivity contribution is -0.148. The maximum atomic E-state index is 10.3. The number of rotatable bonds is 3. The Labute approximate surface area is 58.5 Å². The van der Waals surface area contributed by atoms with Crippen LogP contribution in [0.2, 0.25) is 0 Å². The Morgan fingerprint density at radius 1 is 1.30 bits per heavy atom. The summed E-state index contributed by atoms with van der Waals surface area (Å²) in [5.41, 5.74) is -1.29. The van der Waals surface area contributed by atoms with Crippen LogP contribution in [0.1, 0.15) is 13.8 Å². The molecule has 0 amide bonds. The van der Waals surface area contributed by atoms with Crippen molar-refractivity contribution >= 4 is 11.9 Å². The second-order valence-electron chi connectivity index (χ2n) is 2.51. The lowest BCUT2D eigenvalue weighted by atomic mass is 9.90. The van der Waals surface area contributed by atoms with E-state index in [9.17, 15) is 9.59 Å². The predicted molar refractivity (Wildman–Crippen MR) is 33.4 cm³/mol. The first kappa shape index (κ1) is 8.94. The van der Waals surface area contributed by atoms with Crippen molar-refractivity contribution in [3.05, 3.63) is 6.42 Å². The van der Waals surface area contributed by atoms with Crippen LogP contribution < -0.4 is 0 Å². The molecule has 4 nitrogen and oxygen atoms in total. The van der Waals surface area contributed by atoms with Gasteiger partial charge < -0.3 is 10.2 Å². The molecule has 0 aliphatic rings. The van der Waals surface area contributed by atoms with Crippen molar-refractivity contribution in [3.63, 3.8) is 0 Å². The number of carboxylic acid groups (broad SMARTS) is 2. The van der Waals surface area contributed by atoms with Crippen molar-refractivity contribution in [2.24, 2.45) is 5.41 Å². The van der Waals surface area contributed by atoms with Gasteiger partial charge in [0.15, 0.2) is 0 Å². The molecule has 0 heterocycles. The number of hydrogen-bond acceptors (Lipinski definition) is 2. The fraction of sp³-hybridized carbons (Fsp3) is 0.500. The van der Waals surface area contributed by atoms with Crippen molar-refractivity contribution in [1.29, 1.82) is 0 Å². The number of carbonyl (C=O) groups is 2. The van der Waals surface area contributed by atoms with Crippen LogP contribution in [0.25, 0.3) is 0 Å². The van der Waals surface area contributed by atoms with Gasteiger partial charge in [-0.2, -0.15) is 0 Å². The molecule has 0 atom stereocenters. The maximum Gasteiger partial charge on any atom is 0.309 e. The minimum Gasteiger partial charge on any atom is -0.481 e. The summed E-state index contributed by atoms with van der Waals surface area (Å²) in [5, 5.41) is 16.6. The molecule has 0 unspecified atom stereocenters. The zero-order chi connectivity index (χ0) is 8.36. The number of hydrogen-bond donors (Lipinski definition) is 2. The van der Waals surface area contributed by atoms with Crippen LogP contribution in [0.4, 0.5) is 0 Å².